The van der Waals surface area contributed by atoms with Crippen LogP contribution in [-0.2, 0) is 9.74 Å². The van der Waals surface area contributed by atoms with E-state index >= 15 is 0 Å². The molecule has 3 rings (SSSR count). The van der Waals surface area contributed by atoms with Gasteiger partial charge < -0.3 is 14.8 Å². The number of benzene rings is 1. The summed E-state index contributed by atoms with van der Waals surface area (Å²) in [6, 6.07) is 3.38. The van der Waals surface area contributed by atoms with Gasteiger partial charge in [-0.2, -0.15) is 0 Å². The van der Waals surface area contributed by atoms with Gasteiger partial charge in [0, 0.05) is 5.75 Å². The molecule has 2 heterocycles. The summed E-state index contributed by atoms with van der Waals surface area (Å²) in [4.78, 5) is 16.6. The van der Waals surface area contributed by atoms with E-state index in [1.165, 1.54) is 19.4 Å². The largest absolute Gasteiger partial charge is 0.479 e. The number of ether oxygens (including phenoxy) is 1. The van der Waals surface area contributed by atoms with Crippen molar-refractivity contribution >= 4 is 46.5 Å². The third-order valence-electron chi connectivity index (χ3n) is 4.08. The maximum Gasteiger partial charge on any atom is 0.261 e. The van der Waals surface area contributed by atoms with E-state index in [0.717, 1.165) is 12.1 Å². The van der Waals surface area contributed by atoms with Gasteiger partial charge in [0.1, 0.15) is 11.4 Å². The summed E-state index contributed by atoms with van der Waals surface area (Å²) >= 11 is 0. The first kappa shape index (κ1) is 22.0. The van der Waals surface area contributed by atoms with E-state index in [0.29, 0.717) is 11.0 Å². The van der Waals surface area contributed by atoms with E-state index < -0.39 is 39.5 Å². The fraction of sp³-hybridized carbons (Fsp3) is 0.235. The molecule has 8 nitrogen and oxygen atoms in total. The number of carbonyl (C=O) groups is 1. The van der Waals surface area contributed by atoms with Gasteiger partial charge in [-0.15, -0.1) is 5.10 Å². The fourth-order valence-electron chi connectivity index (χ4n) is 2.70. The standard InChI is InChI=1S/C17H19F3N5O3PS/c1-28-17-10-7-9(8-21-15(10)23-24-17)22-16(26)13-11(19)3-4-12(14(13)20)25-30(27,29)6-2-5-18/h3-4,7-8,30H,2,5-6,29H2,1H3,(H,22,26)(H,25,27)(H,21,23,24). The molecule has 0 saturated heterocycles. The number of hydrogen-bond acceptors (Lipinski definition) is 5. The monoisotopic (exact) mass is 461 g/mol. The quantitative estimate of drug-likeness (QED) is 0.305. The summed E-state index contributed by atoms with van der Waals surface area (Å²) in [5, 5.41) is 9.35. The number of pyridine rings is 1. The van der Waals surface area contributed by atoms with Crippen LogP contribution in [0.5, 0.6) is 5.88 Å². The maximum absolute atomic E-state index is 14.8. The lowest BCUT2D eigenvalue weighted by Crippen LogP contribution is -2.22. The average Bonchev–Trinajstić information content (AvgIpc) is 3.11. The Morgan fingerprint density at radius 3 is 2.83 bits per heavy atom. The third-order valence-corrected chi connectivity index (χ3v) is 6.85. The summed E-state index contributed by atoms with van der Waals surface area (Å²) < 4.78 is 61.3. The van der Waals surface area contributed by atoms with Crippen LogP contribution in [0.4, 0.5) is 24.5 Å². The molecule has 0 bridgehead atoms. The van der Waals surface area contributed by atoms with Crippen LogP contribution in [0.1, 0.15) is 16.8 Å². The molecule has 0 aliphatic carbocycles. The molecular formula is C17H19F3N5O3PS. The van der Waals surface area contributed by atoms with Gasteiger partial charge in [-0.3, -0.25) is 18.5 Å². The number of aromatic amines is 1. The molecule has 1 aromatic carbocycles. The molecule has 0 spiro atoms. The van der Waals surface area contributed by atoms with Gasteiger partial charge in [0.2, 0.25) is 5.88 Å². The smallest absolute Gasteiger partial charge is 0.261 e. The number of H-pyrrole nitrogens is 1. The van der Waals surface area contributed by atoms with Gasteiger partial charge in [-0.05, 0) is 42.8 Å². The number of fused-ring (bicyclic) bond motifs is 1. The molecule has 30 heavy (non-hydrogen) atoms. The van der Waals surface area contributed by atoms with Crippen molar-refractivity contribution in [1.82, 2.24) is 15.2 Å². The predicted molar refractivity (Wildman–Crippen MR) is 113 cm³/mol. The van der Waals surface area contributed by atoms with Crippen molar-refractivity contribution in [3.63, 3.8) is 0 Å². The van der Waals surface area contributed by atoms with Crippen LogP contribution in [0.3, 0.4) is 0 Å². The second-order valence-electron chi connectivity index (χ2n) is 6.26. The first-order valence-corrected chi connectivity index (χ1v) is 12.2. The van der Waals surface area contributed by atoms with E-state index in [1.54, 1.807) is 0 Å². The lowest BCUT2D eigenvalue weighted by atomic mass is 10.1. The predicted octanol–water partition coefficient (Wildman–Crippen LogP) is 2.99. The van der Waals surface area contributed by atoms with Crippen molar-refractivity contribution in [2.45, 2.75) is 6.42 Å². The van der Waals surface area contributed by atoms with Crippen molar-refractivity contribution in [3.8, 4) is 5.88 Å². The van der Waals surface area contributed by atoms with Crippen molar-refractivity contribution in [1.29, 1.82) is 0 Å². The highest BCUT2D eigenvalue weighted by molar-refractivity contribution is 8.46. The van der Waals surface area contributed by atoms with E-state index in [2.05, 4.69) is 25.2 Å². The summed E-state index contributed by atoms with van der Waals surface area (Å²) in [5.41, 5.74) is -0.638. The first-order chi connectivity index (χ1) is 14.3. The van der Waals surface area contributed by atoms with Gasteiger partial charge in [0.05, 0.1) is 36.7 Å². The number of thiol groups is 1. The molecular weight excluding hydrogens is 442 g/mol. The zero-order chi connectivity index (χ0) is 21.9. The van der Waals surface area contributed by atoms with Gasteiger partial charge >= 0.3 is 0 Å². The molecule has 13 heteroatoms. The molecule has 162 valence electrons. The topological polar surface area (TPSA) is 109 Å². The molecule has 0 saturated carbocycles. The van der Waals surface area contributed by atoms with Crippen LogP contribution < -0.4 is 14.8 Å². The Bertz CT molecular complexity index is 1140. The van der Waals surface area contributed by atoms with Crippen LogP contribution in [-0.4, -0.2) is 44.8 Å². The lowest BCUT2D eigenvalue weighted by Gasteiger charge is -2.22. The van der Waals surface area contributed by atoms with Crippen LogP contribution in [0.15, 0.2) is 24.4 Å². The highest BCUT2D eigenvalue weighted by Gasteiger charge is 2.23. The zero-order valence-corrected chi connectivity index (χ0v) is 17.8. The van der Waals surface area contributed by atoms with Gasteiger partial charge in [-0.1, -0.05) is 0 Å². The molecule has 0 aliphatic heterocycles. The van der Waals surface area contributed by atoms with Crippen molar-refractivity contribution in [2.75, 3.05) is 29.6 Å². The average molecular weight is 461 g/mol. The minimum Gasteiger partial charge on any atom is -0.479 e. The number of nitrogens with zero attached hydrogens (tertiary/aromatic N) is 2. The Balaban J connectivity index is 1.88. The number of hydrogen-bond donors (Lipinski definition) is 4. The molecule has 1 atom stereocenters. The number of methoxy groups -OCH3 is 1. The molecule has 1 unspecified atom stereocenters. The van der Waals surface area contributed by atoms with E-state index in [-0.39, 0.29) is 29.4 Å². The van der Waals surface area contributed by atoms with Crippen LogP contribution in [0, 0.1) is 11.6 Å². The van der Waals surface area contributed by atoms with Crippen molar-refractivity contribution in [2.24, 2.45) is 0 Å². The number of alkyl halides is 1. The van der Waals surface area contributed by atoms with Gasteiger partial charge in [-0.25, -0.2) is 13.8 Å². The Morgan fingerprint density at radius 1 is 1.37 bits per heavy atom. The number of halogens is 3. The minimum absolute atomic E-state index is 0.0108. The highest BCUT2D eigenvalue weighted by Crippen LogP contribution is 2.28. The second-order valence-corrected chi connectivity index (χ2v) is 11.0. The fourth-order valence-corrected chi connectivity index (χ4v) is 4.95. The Kier molecular flexibility index (Phi) is 6.57. The molecule has 3 N–H and O–H groups in total. The SMILES string of the molecule is COc1n[nH]c2ncc(NC(=O)c3c(F)ccc(N[SH](=O)(P)CCCF)c3F)cc12. The second kappa shape index (κ2) is 8.97. The molecule has 2 aromatic heterocycles. The number of aromatic nitrogens is 3. The third kappa shape index (κ3) is 4.71. The molecule has 1 amide bonds. The minimum atomic E-state index is -3.22. The highest BCUT2D eigenvalue weighted by atomic mass is 32.8. The Labute approximate surface area is 172 Å². The van der Waals surface area contributed by atoms with E-state index in [1.807, 2.05) is 8.44 Å². The zero-order valence-electron chi connectivity index (χ0n) is 15.7. The summed E-state index contributed by atoms with van der Waals surface area (Å²) in [6.45, 7) is -0.681. The van der Waals surface area contributed by atoms with Crippen LogP contribution >= 0.6 is 8.44 Å². The summed E-state index contributed by atoms with van der Waals surface area (Å²) in [6.07, 6.45) is 1.29. The van der Waals surface area contributed by atoms with E-state index in [9.17, 15) is 22.2 Å². The van der Waals surface area contributed by atoms with Crippen molar-refractivity contribution < 1.29 is 26.9 Å². The van der Waals surface area contributed by atoms with Crippen LogP contribution in [0.2, 0.25) is 0 Å². The first-order valence-electron chi connectivity index (χ1n) is 8.65. The summed E-state index contributed by atoms with van der Waals surface area (Å²) in [7, 11) is 0.212. The summed E-state index contributed by atoms with van der Waals surface area (Å²) in [5.74, 6) is -3.20. The molecule has 0 aliphatic rings. The molecule has 0 radical (unpaired) electrons. The normalized spacial score (nSPS) is 12.0. The van der Waals surface area contributed by atoms with Gasteiger partial charge in [0.15, 0.2) is 11.5 Å². The lowest BCUT2D eigenvalue weighted by molar-refractivity contribution is 0.101. The number of amides is 1. The number of rotatable bonds is 8. The number of nitrogens with one attached hydrogen (secondary N) is 3. The number of carbonyl (C=O) groups excluding carboxylic acids is 1. The Morgan fingerprint density at radius 2 is 2.13 bits per heavy atom. The maximum atomic E-state index is 14.8. The number of anilines is 2. The Hall–Kier alpha value is -2.72. The van der Waals surface area contributed by atoms with E-state index in [4.69, 9.17) is 4.74 Å². The van der Waals surface area contributed by atoms with Gasteiger partial charge in [0.25, 0.3) is 5.91 Å². The molecule has 0 fully saturated rings. The van der Waals surface area contributed by atoms with Crippen molar-refractivity contribution in [3.05, 3.63) is 41.6 Å². The van der Waals surface area contributed by atoms with Crippen LogP contribution in [0.25, 0.3) is 11.0 Å². The molecule has 3 aromatic rings.